The first-order valence-electron chi connectivity index (χ1n) is 6.06. The van der Waals surface area contributed by atoms with E-state index in [4.69, 9.17) is 4.74 Å². The molecule has 0 radical (unpaired) electrons. The molecule has 1 aliphatic rings. The zero-order chi connectivity index (χ0) is 12.3. The molecule has 0 spiro atoms. The molecule has 0 saturated carbocycles. The summed E-state index contributed by atoms with van der Waals surface area (Å²) >= 11 is 0. The standard InChI is InChI=1S/C13H18N2O2/c1-3-12(16)11-4-5-13(14-10(11)2)15-6-8-17-9-7-15/h4-5H,3,6-9H2,1-2H3. The van der Waals surface area contributed by atoms with Gasteiger partial charge in [-0.3, -0.25) is 4.79 Å². The molecule has 92 valence electrons. The Labute approximate surface area is 102 Å². The number of hydrogen-bond acceptors (Lipinski definition) is 4. The average Bonchev–Trinajstić information content (AvgIpc) is 2.39. The molecule has 1 fully saturated rings. The van der Waals surface area contributed by atoms with Crippen molar-refractivity contribution in [1.82, 2.24) is 4.98 Å². The summed E-state index contributed by atoms with van der Waals surface area (Å²) in [6, 6.07) is 3.82. The zero-order valence-electron chi connectivity index (χ0n) is 10.4. The van der Waals surface area contributed by atoms with Gasteiger partial charge >= 0.3 is 0 Å². The summed E-state index contributed by atoms with van der Waals surface area (Å²) in [6.45, 7) is 7.00. The molecule has 0 amide bonds. The Balaban J connectivity index is 2.20. The van der Waals surface area contributed by atoms with Gasteiger partial charge in [-0.25, -0.2) is 4.98 Å². The molecule has 0 unspecified atom stereocenters. The lowest BCUT2D eigenvalue weighted by Crippen LogP contribution is -2.36. The fourth-order valence-corrected chi connectivity index (χ4v) is 2.00. The van der Waals surface area contributed by atoms with Crippen LogP contribution in [0.5, 0.6) is 0 Å². The van der Waals surface area contributed by atoms with Crippen LogP contribution in [0.15, 0.2) is 12.1 Å². The smallest absolute Gasteiger partial charge is 0.164 e. The summed E-state index contributed by atoms with van der Waals surface area (Å²) in [5.41, 5.74) is 1.56. The third-order valence-corrected chi connectivity index (χ3v) is 3.03. The highest BCUT2D eigenvalue weighted by Crippen LogP contribution is 2.17. The predicted octanol–water partition coefficient (Wildman–Crippen LogP) is 1.82. The minimum absolute atomic E-state index is 0.156. The lowest BCUT2D eigenvalue weighted by Gasteiger charge is -2.28. The Morgan fingerprint density at radius 3 is 2.71 bits per heavy atom. The normalized spacial score (nSPS) is 16.0. The summed E-state index contributed by atoms with van der Waals surface area (Å²) in [4.78, 5) is 18.4. The lowest BCUT2D eigenvalue weighted by atomic mass is 10.1. The molecule has 0 atom stereocenters. The quantitative estimate of drug-likeness (QED) is 0.748. The number of carbonyl (C=O) groups is 1. The van der Waals surface area contributed by atoms with E-state index in [-0.39, 0.29) is 5.78 Å². The number of rotatable bonds is 3. The van der Waals surface area contributed by atoms with Crippen molar-refractivity contribution in [2.45, 2.75) is 20.3 Å². The number of ketones is 1. The van der Waals surface area contributed by atoms with E-state index in [1.165, 1.54) is 0 Å². The Kier molecular flexibility index (Phi) is 3.74. The maximum Gasteiger partial charge on any atom is 0.164 e. The molecule has 0 aromatic carbocycles. The number of morpholine rings is 1. The molecule has 2 rings (SSSR count). The number of hydrogen-bond donors (Lipinski definition) is 0. The molecule has 0 bridgehead atoms. The van der Waals surface area contributed by atoms with Gasteiger partial charge in [-0.1, -0.05) is 6.92 Å². The highest BCUT2D eigenvalue weighted by molar-refractivity contribution is 5.96. The van der Waals surface area contributed by atoms with E-state index in [2.05, 4.69) is 9.88 Å². The lowest BCUT2D eigenvalue weighted by molar-refractivity contribution is 0.0987. The maximum absolute atomic E-state index is 11.6. The van der Waals surface area contributed by atoms with Crippen molar-refractivity contribution >= 4 is 11.6 Å². The number of aryl methyl sites for hydroxylation is 1. The van der Waals surface area contributed by atoms with Crippen molar-refractivity contribution in [3.8, 4) is 0 Å². The van der Waals surface area contributed by atoms with Crippen LogP contribution in [0.4, 0.5) is 5.82 Å². The number of ether oxygens (including phenoxy) is 1. The number of aromatic nitrogens is 1. The van der Waals surface area contributed by atoms with Crippen molar-refractivity contribution in [3.63, 3.8) is 0 Å². The van der Waals surface area contributed by atoms with E-state index in [1.807, 2.05) is 26.0 Å². The summed E-state index contributed by atoms with van der Waals surface area (Å²) < 4.78 is 5.31. The first kappa shape index (κ1) is 12.0. The van der Waals surface area contributed by atoms with Crippen LogP contribution in [0, 0.1) is 6.92 Å². The molecule has 2 heterocycles. The topological polar surface area (TPSA) is 42.4 Å². The monoisotopic (exact) mass is 234 g/mol. The first-order chi connectivity index (χ1) is 8.22. The van der Waals surface area contributed by atoms with E-state index < -0.39 is 0 Å². The summed E-state index contributed by atoms with van der Waals surface area (Å²) in [5.74, 6) is 1.10. The number of Topliss-reactive ketones (excluding diaryl/α,β-unsaturated/α-hetero) is 1. The van der Waals surface area contributed by atoms with Crippen molar-refractivity contribution < 1.29 is 9.53 Å². The highest BCUT2D eigenvalue weighted by Gasteiger charge is 2.14. The Bertz CT molecular complexity index is 412. The SMILES string of the molecule is CCC(=O)c1ccc(N2CCOCC2)nc1C. The molecule has 1 saturated heterocycles. The van der Waals surface area contributed by atoms with Crippen molar-refractivity contribution in [2.75, 3.05) is 31.2 Å². The molecule has 0 aliphatic carbocycles. The Morgan fingerprint density at radius 2 is 2.12 bits per heavy atom. The van der Waals surface area contributed by atoms with Crippen LogP contribution >= 0.6 is 0 Å². The molecular weight excluding hydrogens is 216 g/mol. The number of carbonyl (C=O) groups excluding carboxylic acids is 1. The van der Waals surface area contributed by atoms with Gasteiger partial charge in [-0.2, -0.15) is 0 Å². The van der Waals surface area contributed by atoms with Gasteiger partial charge < -0.3 is 9.64 Å². The number of nitrogens with zero attached hydrogens (tertiary/aromatic N) is 2. The van der Waals surface area contributed by atoms with Crippen LogP contribution in [0.3, 0.4) is 0 Å². The Morgan fingerprint density at radius 1 is 1.41 bits per heavy atom. The van der Waals surface area contributed by atoms with Crippen molar-refractivity contribution in [2.24, 2.45) is 0 Å². The molecule has 4 heteroatoms. The first-order valence-corrected chi connectivity index (χ1v) is 6.06. The maximum atomic E-state index is 11.6. The second-order valence-corrected chi connectivity index (χ2v) is 4.18. The summed E-state index contributed by atoms with van der Waals surface area (Å²) in [5, 5.41) is 0. The van der Waals surface area contributed by atoms with E-state index >= 15 is 0 Å². The second kappa shape index (κ2) is 5.27. The van der Waals surface area contributed by atoms with Gasteiger partial charge in [0.2, 0.25) is 0 Å². The molecule has 17 heavy (non-hydrogen) atoms. The molecule has 1 aliphatic heterocycles. The molecular formula is C13H18N2O2. The summed E-state index contributed by atoms with van der Waals surface area (Å²) in [7, 11) is 0. The predicted molar refractivity (Wildman–Crippen MR) is 66.6 cm³/mol. The Hall–Kier alpha value is -1.42. The van der Waals surface area contributed by atoms with Gasteiger partial charge in [0.1, 0.15) is 5.82 Å². The minimum Gasteiger partial charge on any atom is -0.378 e. The summed E-state index contributed by atoms with van der Waals surface area (Å²) in [6.07, 6.45) is 0.527. The molecule has 1 aromatic heterocycles. The molecule has 0 N–H and O–H groups in total. The fourth-order valence-electron chi connectivity index (χ4n) is 2.00. The van der Waals surface area contributed by atoms with E-state index in [9.17, 15) is 4.79 Å². The van der Waals surface area contributed by atoms with Gasteiger partial charge in [0, 0.05) is 25.1 Å². The van der Waals surface area contributed by atoms with Gasteiger partial charge in [-0.15, -0.1) is 0 Å². The number of anilines is 1. The van der Waals surface area contributed by atoms with Crippen molar-refractivity contribution in [3.05, 3.63) is 23.4 Å². The van der Waals surface area contributed by atoms with E-state index in [0.717, 1.165) is 43.4 Å². The van der Waals surface area contributed by atoms with Crippen LogP contribution in [0.2, 0.25) is 0 Å². The van der Waals surface area contributed by atoms with E-state index in [0.29, 0.717) is 6.42 Å². The highest BCUT2D eigenvalue weighted by atomic mass is 16.5. The van der Waals surface area contributed by atoms with E-state index in [1.54, 1.807) is 0 Å². The third kappa shape index (κ3) is 2.64. The van der Waals surface area contributed by atoms with Gasteiger partial charge in [0.25, 0.3) is 0 Å². The zero-order valence-corrected chi connectivity index (χ0v) is 10.4. The molecule has 1 aromatic rings. The van der Waals surface area contributed by atoms with Crippen molar-refractivity contribution in [1.29, 1.82) is 0 Å². The van der Waals surface area contributed by atoms with Crippen LogP contribution in [-0.2, 0) is 4.74 Å². The van der Waals surface area contributed by atoms with Gasteiger partial charge in [0.15, 0.2) is 5.78 Å². The minimum atomic E-state index is 0.156. The van der Waals surface area contributed by atoms with Gasteiger partial charge in [0.05, 0.1) is 18.9 Å². The van der Waals surface area contributed by atoms with Crippen LogP contribution in [0.25, 0.3) is 0 Å². The van der Waals surface area contributed by atoms with Crippen LogP contribution < -0.4 is 4.90 Å². The second-order valence-electron chi connectivity index (χ2n) is 4.18. The van der Waals surface area contributed by atoms with Gasteiger partial charge in [-0.05, 0) is 19.1 Å². The average molecular weight is 234 g/mol. The third-order valence-electron chi connectivity index (χ3n) is 3.03. The fraction of sp³-hybridized carbons (Fsp3) is 0.538. The molecule has 4 nitrogen and oxygen atoms in total. The van der Waals surface area contributed by atoms with Crippen LogP contribution in [-0.4, -0.2) is 37.1 Å². The van der Waals surface area contributed by atoms with Crippen LogP contribution in [0.1, 0.15) is 29.4 Å². The number of pyridine rings is 1. The largest absolute Gasteiger partial charge is 0.378 e.